The maximum absolute atomic E-state index is 5.08. The van der Waals surface area contributed by atoms with Gasteiger partial charge >= 0.3 is 0 Å². The van der Waals surface area contributed by atoms with Gasteiger partial charge in [-0.2, -0.15) is 0 Å². The van der Waals surface area contributed by atoms with Crippen molar-refractivity contribution >= 4 is 21.7 Å². The molecular formula is C11H17BrN2O. The Morgan fingerprint density at radius 1 is 1.40 bits per heavy atom. The minimum atomic E-state index is 0.725. The molecule has 4 heteroatoms. The molecular weight excluding hydrogens is 256 g/mol. The predicted octanol–water partition coefficient (Wildman–Crippen LogP) is 2.24. The van der Waals surface area contributed by atoms with Crippen molar-refractivity contribution in [3.8, 4) is 0 Å². The SMILES string of the molecule is COCCN(CCBr)c1ccc(C)cn1. The zero-order valence-corrected chi connectivity index (χ0v) is 10.8. The quantitative estimate of drug-likeness (QED) is 0.743. The summed E-state index contributed by atoms with van der Waals surface area (Å²) in [6.07, 6.45) is 1.89. The maximum atomic E-state index is 5.08. The summed E-state index contributed by atoms with van der Waals surface area (Å²) in [4.78, 5) is 6.61. The summed E-state index contributed by atoms with van der Waals surface area (Å²) >= 11 is 3.44. The Hall–Kier alpha value is -0.610. The van der Waals surface area contributed by atoms with Crippen molar-refractivity contribution in [2.75, 3.05) is 37.0 Å². The van der Waals surface area contributed by atoms with E-state index in [9.17, 15) is 0 Å². The Morgan fingerprint density at radius 3 is 2.73 bits per heavy atom. The van der Waals surface area contributed by atoms with Crippen molar-refractivity contribution in [1.82, 2.24) is 4.98 Å². The Balaban J connectivity index is 2.65. The number of pyridine rings is 1. The zero-order chi connectivity index (χ0) is 11.1. The van der Waals surface area contributed by atoms with Gasteiger partial charge in [0.1, 0.15) is 5.82 Å². The average Bonchev–Trinajstić information content (AvgIpc) is 2.25. The first kappa shape index (κ1) is 12.5. The van der Waals surface area contributed by atoms with Crippen LogP contribution in [0, 0.1) is 6.92 Å². The number of anilines is 1. The molecule has 0 bridgehead atoms. The molecule has 0 spiro atoms. The van der Waals surface area contributed by atoms with E-state index in [0.29, 0.717) is 0 Å². The molecule has 0 saturated heterocycles. The van der Waals surface area contributed by atoms with E-state index < -0.39 is 0 Å². The van der Waals surface area contributed by atoms with Crippen LogP contribution in [0.3, 0.4) is 0 Å². The molecule has 0 aromatic carbocycles. The summed E-state index contributed by atoms with van der Waals surface area (Å²) in [5, 5.41) is 0.937. The molecule has 0 aliphatic carbocycles. The highest BCUT2D eigenvalue weighted by molar-refractivity contribution is 9.09. The first-order valence-corrected chi connectivity index (χ1v) is 6.12. The highest BCUT2D eigenvalue weighted by Gasteiger charge is 2.05. The third-order valence-electron chi connectivity index (χ3n) is 2.14. The number of aryl methyl sites for hydroxylation is 1. The molecule has 0 saturated carbocycles. The van der Waals surface area contributed by atoms with Gasteiger partial charge in [0.15, 0.2) is 0 Å². The summed E-state index contributed by atoms with van der Waals surface area (Å²) in [6.45, 7) is 4.58. The van der Waals surface area contributed by atoms with Crippen LogP contribution in [0.5, 0.6) is 0 Å². The first-order valence-electron chi connectivity index (χ1n) is 5.00. The van der Waals surface area contributed by atoms with Crippen LogP contribution in [0.15, 0.2) is 18.3 Å². The zero-order valence-electron chi connectivity index (χ0n) is 9.24. The Morgan fingerprint density at radius 2 is 2.20 bits per heavy atom. The summed E-state index contributed by atoms with van der Waals surface area (Å²) in [7, 11) is 1.72. The van der Waals surface area contributed by atoms with Crippen LogP contribution >= 0.6 is 15.9 Å². The van der Waals surface area contributed by atoms with Crippen LogP contribution < -0.4 is 4.90 Å². The predicted molar refractivity (Wildman–Crippen MR) is 66.9 cm³/mol. The second-order valence-electron chi connectivity index (χ2n) is 3.36. The minimum Gasteiger partial charge on any atom is -0.383 e. The number of halogens is 1. The van der Waals surface area contributed by atoms with E-state index in [1.165, 1.54) is 5.56 Å². The van der Waals surface area contributed by atoms with Crippen LogP contribution in [0.2, 0.25) is 0 Å². The molecule has 0 aliphatic heterocycles. The normalized spacial score (nSPS) is 10.3. The van der Waals surface area contributed by atoms with E-state index in [-0.39, 0.29) is 0 Å². The highest BCUT2D eigenvalue weighted by atomic mass is 79.9. The van der Waals surface area contributed by atoms with E-state index in [2.05, 4.69) is 31.9 Å². The van der Waals surface area contributed by atoms with Crippen molar-refractivity contribution in [2.45, 2.75) is 6.92 Å². The molecule has 0 unspecified atom stereocenters. The van der Waals surface area contributed by atoms with Gasteiger partial charge in [0.05, 0.1) is 6.61 Å². The monoisotopic (exact) mass is 272 g/mol. The Labute approximate surface area is 99.6 Å². The number of methoxy groups -OCH3 is 1. The molecule has 0 atom stereocenters. The lowest BCUT2D eigenvalue weighted by Crippen LogP contribution is -2.29. The molecule has 0 radical (unpaired) electrons. The number of aromatic nitrogens is 1. The molecule has 84 valence electrons. The standard InChI is InChI=1S/C11H17BrN2O/c1-10-3-4-11(13-9-10)14(6-5-12)7-8-15-2/h3-4,9H,5-8H2,1-2H3. The lowest BCUT2D eigenvalue weighted by molar-refractivity contribution is 0.205. The number of rotatable bonds is 6. The molecule has 1 heterocycles. The molecule has 1 rings (SSSR count). The minimum absolute atomic E-state index is 0.725. The van der Waals surface area contributed by atoms with E-state index >= 15 is 0 Å². The fourth-order valence-electron chi connectivity index (χ4n) is 1.29. The summed E-state index contributed by atoms with van der Waals surface area (Å²) in [6, 6.07) is 4.13. The Kier molecular flexibility index (Phi) is 5.65. The largest absolute Gasteiger partial charge is 0.383 e. The van der Waals surface area contributed by atoms with Gasteiger partial charge in [-0.05, 0) is 18.6 Å². The van der Waals surface area contributed by atoms with Crippen molar-refractivity contribution in [3.05, 3.63) is 23.9 Å². The van der Waals surface area contributed by atoms with E-state index in [0.717, 1.165) is 30.8 Å². The molecule has 1 aromatic heterocycles. The molecule has 0 aliphatic rings. The van der Waals surface area contributed by atoms with Gasteiger partial charge in [-0.25, -0.2) is 4.98 Å². The summed E-state index contributed by atoms with van der Waals surface area (Å²) in [5.41, 5.74) is 1.18. The van der Waals surface area contributed by atoms with Gasteiger partial charge in [0, 0.05) is 31.7 Å². The first-order chi connectivity index (χ1) is 7.27. The number of hydrogen-bond acceptors (Lipinski definition) is 3. The number of alkyl halides is 1. The number of nitrogens with zero attached hydrogens (tertiary/aromatic N) is 2. The molecule has 0 N–H and O–H groups in total. The maximum Gasteiger partial charge on any atom is 0.128 e. The van der Waals surface area contributed by atoms with E-state index in [1.54, 1.807) is 7.11 Å². The van der Waals surface area contributed by atoms with Gasteiger partial charge in [-0.1, -0.05) is 22.0 Å². The van der Waals surface area contributed by atoms with Crippen LogP contribution in [0.4, 0.5) is 5.82 Å². The second kappa shape index (κ2) is 6.80. The van der Waals surface area contributed by atoms with Crippen LogP contribution in [0.25, 0.3) is 0 Å². The molecule has 0 amide bonds. The van der Waals surface area contributed by atoms with Crippen LogP contribution in [-0.4, -0.2) is 37.1 Å². The van der Waals surface area contributed by atoms with Crippen LogP contribution in [0.1, 0.15) is 5.56 Å². The van der Waals surface area contributed by atoms with Crippen molar-refractivity contribution in [2.24, 2.45) is 0 Å². The van der Waals surface area contributed by atoms with E-state index in [1.807, 2.05) is 19.2 Å². The Bertz CT molecular complexity index is 276. The van der Waals surface area contributed by atoms with Crippen molar-refractivity contribution in [3.63, 3.8) is 0 Å². The smallest absolute Gasteiger partial charge is 0.128 e. The number of ether oxygens (including phenoxy) is 1. The van der Waals surface area contributed by atoms with Crippen molar-refractivity contribution in [1.29, 1.82) is 0 Å². The average molecular weight is 273 g/mol. The highest BCUT2D eigenvalue weighted by Crippen LogP contribution is 2.10. The van der Waals surface area contributed by atoms with E-state index in [4.69, 9.17) is 4.74 Å². The fraction of sp³-hybridized carbons (Fsp3) is 0.545. The van der Waals surface area contributed by atoms with Gasteiger partial charge in [0.25, 0.3) is 0 Å². The van der Waals surface area contributed by atoms with Gasteiger partial charge in [-0.15, -0.1) is 0 Å². The van der Waals surface area contributed by atoms with Gasteiger partial charge in [-0.3, -0.25) is 0 Å². The van der Waals surface area contributed by atoms with Gasteiger partial charge in [0.2, 0.25) is 0 Å². The van der Waals surface area contributed by atoms with Crippen molar-refractivity contribution < 1.29 is 4.74 Å². The molecule has 1 aromatic rings. The molecule has 3 nitrogen and oxygen atoms in total. The lowest BCUT2D eigenvalue weighted by atomic mass is 10.3. The van der Waals surface area contributed by atoms with Gasteiger partial charge < -0.3 is 9.64 Å². The topological polar surface area (TPSA) is 25.4 Å². The third-order valence-corrected chi connectivity index (χ3v) is 2.49. The number of hydrogen-bond donors (Lipinski definition) is 0. The molecule has 15 heavy (non-hydrogen) atoms. The lowest BCUT2D eigenvalue weighted by Gasteiger charge is -2.22. The summed E-state index contributed by atoms with van der Waals surface area (Å²) < 4.78 is 5.08. The van der Waals surface area contributed by atoms with Crippen LogP contribution in [-0.2, 0) is 4.74 Å². The third kappa shape index (κ3) is 4.18. The summed E-state index contributed by atoms with van der Waals surface area (Å²) in [5.74, 6) is 1.01. The second-order valence-corrected chi connectivity index (χ2v) is 4.16. The fourth-order valence-corrected chi connectivity index (χ4v) is 1.72. The molecule has 0 fully saturated rings.